The number of phenols is 1. The van der Waals surface area contributed by atoms with Crippen LogP contribution < -0.4 is 21.7 Å². The molecule has 3 aromatic carbocycles. The van der Waals surface area contributed by atoms with Crippen molar-refractivity contribution in [1.82, 2.24) is 25.9 Å². The number of fused-ring (bicyclic) bond motifs is 2. The first kappa shape index (κ1) is 33.7. The minimum atomic E-state index is -1.55. The summed E-state index contributed by atoms with van der Waals surface area (Å²) in [4.78, 5) is 58.8. The van der Waals surface area contributed by atoms with Crippen LogP contribution in [0.2, 0.25) is 0 Å². The first-order valence-electron chi connectivity index (χ1n) is 15.5. The highest BCUT2D eigenvalue weighted by Crippen LogP contribution is 2.21. The number of nitrogens with one attached hydrogen (secondary N) is 5. The number of aromatic amines is 2. The fraction of sp³-hybridized carbons (Fsp3) is 0.257. The fourth-order valence-corrected chi connectivity index (χ4v) is 5.63. The van der Waals surface area contributed by atoms with Gasteiger partial charge in [0.1, 0.15) is 23.9 Å². The van der Waals surface area contributed by atoms with Crippen LogP contribution in [0.1, 0.15) is 23.6 Å². The summed E-state index contributed by atoms with van der Waals surface area (Å²) in [7, 11) is 0. The third-order valence-electron chi connectivity index (χ3n) is 8.24. The molecule has 0 radical (unpaired) electrons. The summed E-state index contributed by atoms with van der Waals surface area (Å²) in [6.07, 6.45) is 2.18. The Bertz CT molecular complexity index is 1920. The molecule has 250 valence electrons. The van der Waals surface area contributed by atoms with E-state index in [9.17, 15) is 34.5 Å². The van der Waals surface area contributed by atoms with Gasteiger partial charge in [0.15, 0.2) is 0 Å². The van der Waals surface area contributed by atoms with Gasteiger partial charge < -0.3 is 47.0 Å². The number of carbonyl (C=O) groups is 4. The Hall–Kier alpha value is -5.66. The second kappa shape index (κ2) is 14.8. The molecule has 5 atom stereocenters. The summed E-state index contributed by atoms with van der Waals surface area (Å²) >= 11 is 0. The summed E-state index contributed by atoms with van der Waals surface area (Å²) in [6, 6.07) is 15.7. The Morgan fingerprint density at radius 2 is 1.25 bits per heavy atom. The molecule has 0 saturated heterocycles. The van der Waals surface area contributed by atoms with Crippen molar-refractivity contribution >= 4 is 45.5 Å². The number of aliphatic carboxylic acids is 1. The topological polar surface area (TPSA) is 223 Å². The summed E-state index contributed by atoms with van der Waals surface area (Å²) in [6.45, 7) is 1.28. The number of hydrogen-bond donors (Lipinski definition) is 9. The van der Waals surface area contributed by atoms with Gasteiger partial charge in [-0.1, -0.05) is 48.5 Å². The van der Waals surface area contributed by atoms with Crippen LogP contribution in [0.4, 0.5) is 0 Å². The van der Waals surface area contributed by atoms with Crippen molar-refractivity contribution in [3.63, 3.8) is 0 Å². The average molecular weight is 655 g/mol. The highest BCUT2D eigenvalue weighted by Gasteiger charge is 2.33. The van der Waals surface area contributed by atoms with Crippen molar-refractivity contribution in [3.8, 4) is 5.75 Å². The van der Waals surface area contributed by atoms with E-state index in [-0.39, 0.29) is 25.0 Å². The van der Waals surface area contributed by atoms with Crippen LogP contribution >= 0.6 is 0 Å². The maximum Gasteiger partial charge on any atom is 0.326 e. The molecular formula is C35H38N6O7. The largest absolute Gasteiger partial charge is 0.508 e. The second-order valence-corrected chi connectivity index (χ2v) is 11.8. The number of rotatable bonds is 14. The number of aromatic hydroxyl groups is 1. The first-order valence-corrected chi connectivity index (χ1v) is 15.5. The molecule has 48 heavy (non-hydrogen) atoms. The monoisotopic (exact) mass is 654 g/mol. The normalized spacial score (nSPS) is 14.5. The minimum Gasteiger partial charge on any atom is -0.508 e. The molecule has 2 heterocycles. The number of benzene rings is 3. The lowest BCUT2D eigenvalue weighted by molar-refractivity contribution is -0.143. The highest BCUT2D eigenvalue weighted by atomic mass is 16.4. The van der Waals surface area contributed by atoms with Crippen molar-refractivity contribution in [2.45, 2.75) is 56.5 Å². The summed E-state index contributed by atoms with van der Waals surface area (Å²) in [5.41, 5.74) is 10.1. The molecule has 0 bridgehead atoms. The fourth-order valence-electron chi connectivity index (χ4n) is 5.63. The number of aromatic nitrogens is 2. The van der Waals surface area contributed by atoms with Crippen molar-refractivity contribution in [3.05, 3.63) is 102 Å². The molecule has 0 fully saturated rings. The van der Waals surface area contributed by atoms with E-state index in [4.69, 9.17) is 5.73 Å². The Morgan fingerprint density at radius 3 is 1.81 bits per heavy atom. The van der Waals surface area contributed by atoms with Crippen molar-refractivity contribution < 1.29 is 34.5 Å². The van der Waals surface area contributed by atoms with Gasteiger partial charge >= 0.3 is 5.97 Å². The lowest BCUT2D eigenvalue weighted by Crippen LogP contribution is -2.60. The van der Waals surface area contributed by atoms with Crippen LogP contribution in [0, 0.1) is 0 Å². The van der Waals surface area contributed by atoms with Crippen molar-refractivity contribution in [2.24, 2.45) is 5.73 Å². The number of carboxylic acid groups (broad SMARTS) is 1. The molecule has 0 spiro atoms. The van der Waals surface area contributed by atoms with E-state index in [2.05, 4.69) is 25.9 Å². The number of hydrogen-bond acceptors (Lipinski definition) is 7. The summed E-state index contributed by atoms with van der Waals surface area (Å²) < 4.78 is 0. The van der Waals surface area contributed by atoms with E-state index >= 15 is 0 Å². The van der Waals surface area contributed by atoms with Crippen LogP contribution in [-0.2, 0) is 38.4 Å². The Kier molecular flexibility index (Phi) is 10.4. The third kappa shape index (κ3) is 8.00. The summed E-state index contributed by atoms with van der Waals surface area (Å²) in [5.74, 6) is -3.64. The molecule has 2 aromatic heterocycles. The number of para-hydroxylation sites is 2. The van der Waals surface area contributed by atoms with Crippen molar-refractivity contribution in [2.75, 3.05) is 0 Å². The maximum atomic E-state index is 13.8. The van der Waals surface area contributed by atoms with Gasteiger partial charge in [0.05, 0.1) is 12.1 Å². The zero-order chi connectivity index (χ0) is 34.4. The van der Waals surface area contributed by atoms with Gasteiger partial charge in [-0.25, -0.2) is 4.79 Å². The molecular weight excluding hydrogens is 616 g/mol. The van der Waals surface area contributed by atoms with Gasteiger partial charge in [-0.05, 0) is 54.3 Å². The lowest BCUT2D eigenvalue weighted by Gasteiger charge is -2.26. The second-order valence-electron chi connectivity index (χ2n) is 11.8. The Labute approximate surface area is 275 Å². The molecule has 10 N–H and O–H groups in total. The van der Waals surface area contributed by atoms with Gasteiger partial charge in [0.2, 0.25) is 17.7 Å². The number of aliphatic hydroxyl groups excluding tert-OH is 1. The number of H-pyrrole nitrogens is 2. The minimum absolute atomic E-state index is 0.000236. The molecule has 5 rings (SSSR count). The van der Waals surface area contributed by atoms with Crippen molar-refractivity contribution in [1.29, 1.82) is 0 Å². The van der Waals surface area contributed by atoms with E-state index in [0.717, 1.165) is 27.4 Å². The van der Waals surface area contributed by atoms with E-state index in [0.29, 0.717) is 11.1 Å². The van der Waals surface area contributed by atoms with Gasteiger partial charge in [0.25, 0.3) is 0 Å². The molecule has 0 saturated carbocycles. The van der Waals surface area contributed by atoms with Gasteiger partial charge in [0, 0.05) is 47.0 Å². The van der Waals surface area contributed by atoms with Gasteiger partial charge in [-0.15, -0.1) is 0 Å². The Morgan fingerprint density at radius 1 is 0.708 bits per heavy atom. The zero-order valence-corrected chi connectivity index (χ0v) is 26.1. The number of carboxylic acids is 1. The number of amides is 3. The molecule has 0 aliphatic heterocycles. The van der Waals surface area contributed by atoms with E-state index < -0.39 is 54.0 Å². The molecule has 0 aliphatic carbocycles. The molecule has 3 amide bonds. The SMILES string of the molecule is CC(O)C(NC(=O)C(Cc1c[nH]c2ccccc12)NC(=O)C(N)Cc1c[nH]c2ccccc12)C(=O)NC(Cc1ccc(O)cc1)C(=O)O. The third-order valence-corrected chi connectivity index (χ3v) is 8.24. The predicted octanol–water partition coefficient (Wildman–Crippen LogP) is 1.63. The van der Waals surface area contributed by atoms with E-state index in [1.807, 2.05) is 48.5 Å². The molecule has 5 aromatic rings. The van der Waals surface area contributed by atoms with Crippen LogP contribution in [-0.4, -0.2) is 79.2 Å². The van der Waals surface area contributed by atoms with E-state index in [1.165, 1.54) is 31.2 Å². The van der Waals surface area contributed by atoms with Crippen LogP contribution in [0.3, 0.4) is 0 Å². The number of carbonyl (C=O) groups excluding carboxylic acids is 3. The number of nitrogens with two attached hydrogens (primary N) is 1. The first-order chi connectivity index (χ1) is 23.0. The molecule has 13 nitrogen and oxygen atoms in total. The lowest BCUT2D eigenvalue weighted by atomic mass is 10.0. The smallest absolute Gasteiger partial charge is 0.326 e. The molecule has 13 heteroatoms. The molecule has 5 unspecified atom stereocenters. The standard InChI is InChI=1S/C35H38N6O7/c1-19(42)31(34(46)40-30(35(47)48)14-20-10-12-23(43)13-11-20)41-33(45)29(16-22-18-38-28-9-5-3-7-25(22)28)39-32(44)26(36)15-21-17-37-27-8-4-2-6-24(21)27/h2-13,17-19,26,29-31,37-38,42-43H,14-16,36H2,1H3,(H,39,44)(H,40,46)(H,41,45)(H,47,48). The van der Waals surface area contributed by atoms with Crippen LogP contribution in [0.15, 0.2) is 85.2 Å². The molecule has 0 aliphatic rings. The van der Waals surface area contributed by atoms with Gasteiger partial charge in [-0.2, -0.15) is 0 Å². The highest BCUT2D eigenvalue weighted by molar-refractivity contribution is 5.95. The average Bonchev–Trinajstić information content (AvgIpc) is 3.67. The Balaban J connectivity index is 1.33. The van der Waals surface area contributed by atoms with E-state index in [1.54, 1.807) is 12.4 Å². The number of aliphatic hydroxyl groups is 1. The quantitative estimate of drug-likeness (QED) is 0.0854. The maximum absolute atomic E-state index is 13.8. The van der Waals surface area contributed by atoms with Crippen LogP contribution in [0.5, 0.6) is 5.75 Å². The summed E-state index contributed by atoms with van der Waals surface area (Å²) in [5, 5.41) is 39.2. The number of phenolic OH excluding ortho intramolecular Hbond substituents is 1. The van der Waals surface area contributed by atoms with Gasteiger partial charge in [-0.3, -0.25) is 14.4 Å². The van der Waals surface area contributed by atoms with Crippen LogP contribution in [0.25, 0.3) is 21.8 Å². The predicted molar refractivity (Wildman–Crippen MR) is 179 cm³/mol. The zero-order valence-electron chi connectivity index (χ0n) is 26.1.